The third-order valence-corrected chi connectivity index (χ3v) is 3.43. The Morgan fingerprint density at radius 3 is 2.50 bits per heavy atom. The summed E-state index contributed by atoms with van der Waals surface area (Å²) in [7, 11) is 1.42. The number of anilines is 1. The number of unbranched alkanes of at least 4 members (excludes halogenated alkanes) is 3. The van der Waals surface area contributed by atoms with Gasteiger partial charge in [-0.15, -0.1) is 0 Å². The zero-order valence-corrected chi connectivity index (χ0v) is 13.6. The number of nitrogens with one attached hydrogen (secondary N) is 1. The van der Waals surface area contributed by atoms with E-state index in [9.17, 15) is 4.79 Å². The minimum Gasteiger partial charge on any atom is -0.469 e. The van der Waals surface area contributed by atoms with Crippen LogP contribution in [0.15, 0.2) is 29.3 Å². The minimum absolute atomic E-state index is 0.138. The normalized spacial score (nSPS) is 11.3. The van der Waals surface area contributed by atoms with Crippen molar-refractivity contribution in [1.29, 1.82) is 0 Å². The van der Waals surface area contributed by atoms with Crippen LogP contribution in [0.2, 0.25) is 0 Å². The molecule has 0 aliphatic rings. The first-order valence-corrected chi connectivity index (χ1v) is 7.88. The lowest BCUT2D eigenvalue weighted by molar-refractivity contribution is -0.140. The first-order chi connectivity index (χ1) is 10.7. The number of carbonyl (C=O) groups is 1. The number of ether oxygens (including phenoxy) is 1. The van der Waals surface area contributed by atoms with Crippen molar-refractivity contribution in [2.75, 3.05) is 19.0 Å². The SMILES string of the molecule is CCc1ccc(NC(N)=NCCCCCCC(=O)OC)cc1. The molecule has 0 atom stereocenters. The maximum absolute atomic E-state index is 10.9. The number of hydrogen-bond acceptors (Lipinski definition) is 3. The summed E-state index contributed by atoms with van der Waals surface area (Å²) in [5, 5.41) is 3.08. The topological polar surface area (TPSA) is 76.7 Å². The summed E-state index contributed by atoms with van der Waals surface area (Å²) in [6.07, 6.45) is 5.42. The number of aliphatic imine (C=N–C) groups is 1. The quantitative estimate of drug-likeness (QED) is 0.318. The van der Waals surface area contributed by atoms with Crippen LogP contribution >= 0.6 is 0 Å². The van der Waals surface area contributed by atoms with E-state index in [1.165, 1.54) is 12.7 Å². The molecule has 0 aliphatic heterocycles. The van der Waals surface area contributed by atoms with Gasteiger partial charge in [-0.05, 0) is 37.0 Å². The molecule has 1 aromatic carbocycles. The fourth-order valence-electron chi connectivity index (χ4n) is 2.05. The van der Waals surface area contributed by atoms with Crippen molar-refractivity contribution in [3.8, 4) is 0 Å². The molecular formula is C17H27N3O2. The van der Waals surface area contributed by atoms with E-state index in [1.807, 2.05) is 12.1 Å². The van der Waals surface area contributed by atoms with Crippen LogP contribution in [-0.2, 0) is 16.0 Å². The van der Waals surface area contributed by atoms with Gasteiger partial charge in [-0.3, -0.25) is 9.79 Å². The summed E-state index contributed by atoms with van der Waals surface area (Å²) in [5.74, 6) is 0.305. The maximum atomic E-state index is 10.9. The van der Waals surface area contributed by atoms with Crippen molar-refractivity contribution < 1.29 is 9.53 Å². The molecule has 5 heteroatoms. The highest BCUT2D eigenvalue weighted by Crippen LogP contribution is 2.09. The Bertz CT molecular complexity index is 469. The summed E-state index contributed by atoms with van der Waals surface area (Å²) < 4.78 is 4.59. The predicted octanol–water partition coefficient (Wildman–Crippen LogP) is 3.10. The Labute approximate surface area is 133 Å². The molecule has 0 aromatic heterocycles. The van der Waals surface area contributed by atoms with Gasteiger partial charge < -0.3 is 15.8 Å². The highest BCUT2D eigenvalue weighted by Gasteiger charge is 1.99. The number of aryl methyl sites for hydroxylation is 1. The van der Waals surface area contributed by atoms with Gasteiger partial charge in [0.1, 0.15) is 0 Å². The van der Waals surface area contributed by atoms with Gasteiger partial charge in [0.25, 0.3) is 0 Å². The van der Waals surface area contributed by atoms with E-state index in [4.69, 9.17) is 5.73 Å². The molecule has 0 aliphatic carbocycles. The minimum atomic E-state index is -0.138. The van der Waals surface area contributed by atoms with Crippen LogP contribution in [-0.4, -0.2) is 25.6 Å². The number of methoxy groups -OCH3 is 1. The smallest absolute Gasteiger partial charge is 0.305 e. The second kappa shape index (κ2) is 10.7. The van der Waals surface area contributed by atoms with E-state index in [0.29, 0.717) is 18.9 Å². The second-order valence-electron chi connectivity index (χ2n) is 5.18. The molecular weight excluding hydrogens is 278 g/mol. The van der Waals surface area contributed by atoms with E-state index in [0.717, 1.165) is 37.8 Å². The van der Waals surface area contributed by atoms with Crippen LogP contribution in [0.4, 0.5) is 5.69 Å². The number of hydrogen-bond donors (Lipinski definition) is 2. The Morgan fingerprint density at radius 1 is 1.18 bits per heavy atom. The monoisotopic (exact) mass is 305 g/mol. The molecule has 0 radical (unpaired) electrons. The lowest BCUT2D eigenvalue weighted by atomic mass is 10.1. The Hall–Kier alpha value is -2.04. The third kappa shape index (κ3) is 7.67. The molecule has 0 heterocycles. The van der Waals surface area contributed by atoms with Gasteiger partial charge >= 0.3 is 5.97 Å². The van der Waals surface area contributed by atoms with Crippen molar-refractivity contribution in [2.24, 2.45) is 10.7 Å². The highest BCUT2D eigenvalue weighted by molar-refractivity contribution is 5.92. The van der Waals surface area contributed by atoms with Gasteiger partial charge in [0.15, 0.2) is 5.96 Å². The zero-order valence-electron chi connectivity index (χ0n) is 13.6. The number of carbonyl (C=O) groups excluding carboxylic acids is 1. The van der Waals surface area contributed by atoms with Gasteiger partial charge in [-0.1, -0.05) is 31.9 Å². The Morgan fingerprint density at radius 2 is 1.86 bits per heavy atom. The van der Waals surface area contributed by atoms with Gasteiger partial charge in [0.2, 0.25) is 0 Å². The molecule has 1 rings (SSSR count). The second-order valence-corrected chi connectivity index (χ2v) is 5.18. The van der Waals surface area contributed by atoms with E-state index in [1.54, 1.807) is 0 Å². The van der Waals surface area contributed by atoms with Gasteiger partial charge in [-0.2, -0.15) is 0 Å². The van der Waals surface area contributed by atoms with Crippen LogP contribution in [0.3, 0.4) is 0 Å². The standard InChI is InChI=1S/C17H27N3O2/c1-3-14-9-11-15(12-10-14)20-17(18)19-13-7-5-4-6-8-16(21)22-2/h9-12H,3-8,13H2,1-2H3,(H3,18,19,20). The fraction of sp³-hybridized carbons (Fsp3) is 0.529. The average Bonchev–Trinajstić information content (AvgIpc) is 2.54. The van der Waals surface area contributed by atoms with Crippen molar-refractivity contribution in [3.05, 3.63) is 29.8 Å². The summed E-state index contributed by atoms with van der Waals surface area (Å²) in [4.78, 5) is 15.2. The first kappa shape index (κ1) is 18.0. The Kier molecular flexibility index (Phi) is 8.72. The van der Waals surface area contributed by atoms with Crippen molar-refractivity contribution in [2.45, 2.75) is 45.4 Å². The van der Waals surface area contributed by atoms with E-state index >= 15 is 0 Å². The van der Waals surface area contributed by atoms with Crippen LogP contribution in [0.5, 0.6) is 0 Å². The highest BCUT2D eigenvalue weighted by atomic mass is 16.5. The van der Waals surface area contributed by atoms with Crippen LogP contribution in [0, 0.1) is 0 Å². The number of guanidine groups is 1. The molecule has 0 spiro atoms. The number of rotatable bonds is 9. The van der Waals surface area contributed by atoms with Crippen LogP contribution in [0.25, 0.3) is 0 Å². The van der Waals surface area contributed by atoms with Gasteiger partial charge in [-0.25, -0.2) is 0 Å². The number of benzene rings is 1. The Balaban J connectivity index is 2.16. The fourth-order valence-corrected chi connectivity index (χ4v) is 2.05. The molecule has 0 amide bonds. The number of esters is 1. The molecule has 0 bridgehead atoms. The molecule has 3 N–H and O–H groups in total. The maximum Gasteiger partial charge on any atom is 0.305 e. The predicted molar refractivity (Wildman–Crippen MR) is 91.0 cm³/mol. The van der Waals surface area contributed by atoms with Crippen LogP contribution in [0.1, 0.15) is 44.6 Å². The van der Waals surface area contributed by atoms with E-state index in [-0.39, 0.29) is 5.97 Å². The third-order valence-electron chi connectivity index (χ3n) is 3.43. The molecule has 122 valence electrons. The molecule has 5 nitrogen and oxygen atoms in total. The van der Waals surface area contributed by atoms with Gasteiger partial charge in [0, 0.05) is 18.7 Å². The van der Waals surface area contributed by atoms with E-state index in [2.05, 4.69) is 34.1 Å². The summed E-state index contributed by atoms with van der Waals surface area (Å²) in [6.45, 7) is 2.83. The first-order valence-electron chi connectivity index (χ1n) is 7.88. The largest absolute Gasteiger partial charge is 0.469 e. The van der Waals surface area contributed by atoms with Crippen molar-refractivity contribution >= 4 is 17.6 Å². The molecule has 0 saturated heterocycles. The van der Waals surface area contributed by atoms with Crippen molar-refractivity contribution in [1.82, 2.24) is 0 Å². The molecule has 1 aromatic rings. The number of nitrogens with two attached hydrogens (primary N) is 1. The summed E-state index contributed by atoms with van der Waals surface area (Å²) in [5.41, 5.74) is 8.11. The average molecular weight is 305 g/mol. The lowest BCUT2D eigenvalue weighted by Crippen LogP contribution is -2.22. The van der Waals surface area contributed by atoms with E-state index < -0.39 is 0 Å². The summed E-state index contributed by atoms with van der Waals surface area (Å²) in [6, 6.07) is 8.18. The zero-order chi connectivity index (χ0) is 16.2. The molecule has 22 heavy (non-hydrogen) atoms. The molecule has 0 fully saturated rings. The van der Waals surface area contributed by atoms with Crippen molar-refractivity contribution in [3.63, 3.8) is 0 Å². The van der Waals surface area contributed by atoms with Crippen LogP contribution < -0.4 is 11.1 Å². The van der Waals surface area contributed by atoms with Gasteiger partial charge in [0.05, 0.1) is 7.11 Å². The molecule has 0 unspecified atom stereocenters. The summed E-state index contributed by atoms with van der Waals surface area (Å²) >= 11 is 0. The molecule has 0 saturated carbocycles. The number of nitrogens with zero attached hydrogens (tertiary/aromatic N) is 1. The lowest BCUT2D eigenvalue weighted by Gasteiger charge is -2.06.